The van der Waals surface area contributed by atoms with Crippen LogP contribution in [0.4, 0.5) is 5.95 Å². The Kier molecular flexibility index (Phi) is 10.5. The molecule has 2 aliphatic heterocycles. The van der Waals surface area contributed by atoms with Crippen molar-refractivity contribution in [2.75, 3.05) is 84.1 Å². The number of hydrogen-bond donors (Lipinski definition) is 2. The van der Waals surface area contributed by atoms with Crippen LogP contribution in [0.25, 0.3) is 0 Å². The number of hydrogen-bond acceptors (Lipinski definition) is 7. The number of nitrogens with zero attached hydrogens (tertiary/aromatic N) is 6. The highest BCUT2D eigenvalue weighted by Gasteiger charge is 2.28. The molecule has 2 N–H and O–H groups in total. The minimum atomic E-state index is 0. The Labute approximate surface area is 197 Å². The van der Waals surface area contributed by atoms with Crippen molar-refractivity contribution < 1.29 is 4.74 Å². The Bertz CT molecular complexity index is 631. The molecule has 2 saturated heterocycles. The lowest BCUT2D eigenvalue weighted by molar-refractivity contribution is -0.00834. The highest BCUT2D eigenvalue weighted by molar-refractivity contribution is 14.0. The zero-order valence-electron chi connectivity index (χ0n) is 18.5. The topological polar surface area (TPSA) is 81.2 Å². The Morgan fingerprint density at radius 3 is 2.37 bits per heavy atom. The molecule has 0 bridgehead atoms. The summed E-state index contributed by atoms with van der Waals surface area (Å²) in [7, 11) is 1.83. The molecule has 0 atom stereocenters. The van der Waals surface area contributed by atoms with E-state index in [1.165, 1.54) is 0 Å². The summed E-state index contributed by atoms with van der Waals surface area (Å²) in [6.45, 7) is 14.9. The molecule has 9 nitrogen and oxygen atoms in total. The van der Waals surface area contributed by atoms with Crippen LogP contribution in [-0.4, -0.2) is 110 Å². The first-order valence-electron chi connectivity index (χ1n) is 10.6. The van der Waals surface area contributed by atoms with Crippen molar-refractivity contribution in [3.05, 3.63) is 18.5 Å². The normalized spacial score (nSPS) is 19.3. The summed E-state index contributed by atoms with van der Waals surface area (Å²) in [5, 5.41) is 6.94. The molecule has 0 radical (unpaired) electrons. The minimum Gasteiger partial charge on any atom is -0.379 e. The summed E-state index contributed by atoms with van der Waals surface area (Å²) in [6.07, 6.45) is 3.61. The predicted molar refractivity (Wildman–Crippen MR) is 132 cm³/mol. The van der Waals surface area contributed by atoms with Crippen molar-refractivity contribution in [3.8, 4) is 0 Å². The van der Waals surface area contributed by atoms with E-state index in [1.54, 1.807) is 12.4 Å². The maximum atomic E-state index is 5.47. The zero-order chi connectivity index (χ0) is 20.5. The van der Waals surface area contributed by atoms with Crippen LogP contribution in [0.5, 0.6) is 0 Å². The maximum Gasteiger partial charge on any atom is 0.225 e. The highest BCUT2D eigenvalue weighted by atomic mass is 127. The lowest BCUT2D eigenvalue weighted by Crippen LogP contribution is -2.57. The molecular formula is C20H37IN8O. The van der Waals surface area contributed by atoms with Crippen molar-refractivity contribution in [3.63, 3.8) is 0 Å². The van der Waals surface area contributed by atoms with Crippen LogP contribution in [0.2, 0.25) is 0 Å². The second-order valence-corrected chi connectivity index (χ2v) is 8.14. The number of guanidine groups is 1. The molecule has 3 rings (SSSR count). The third kappa shape index (κ3) is 7.47. The zero-order valence-corrected chi connectivity index (χ0v) is 20.8. The van der Waals surface area contributed by atoms with Gasteiger partial charge in [0.1, 0.15) is 0 Å². The second-order valence-electron chi connectivity index (χ2n) is 8.14. The fraction of sp³-hybridized carbons (Fsp3) is 0.750. The number of ether oxygens (including phenoxy) is 1. The Balaban J connectivity index is 0.00000320. The average Bonchev–Trinajstić information content (AvgIpc) is 2.78. The van der Waals surface area contributed by atoms with Crippen molar-refractivity contribution in [1.82, 2.24) is 30.4 Å². The number of anilines is 1. The van der Waals surface area contributed by atoms with Gasteiger partial charge in [-0.15, -0.1) is 24.0 Å². The smallest absolute Gasteiger partial charge is 0.225 e. The van der Waals surface area contributed by atoms with Crippen molar-refractivity contribution in [2.24, 2.45) is 4.99 Å². The van der Waals surface area contributed by atoms with Gasteiger partial charge in [0.15, 0.2) is 5.96 Å². The molecule has 0 aliphatic carbocycles. The number of aliphatic imine (C=N–C) groups is 1. The van der Waals surface area contributed by atoms with E-state index < -0.39 is 0 Å². The maximum absolute atomic E-state index is 5.47. The highest BCUT2D eigenvalue weighted by Crippen LogP contribution is 2.15. The van der Waals surface area contributed by atoms with E-state index in [-0.39, 0.29) is 29.5 Å². The predicted octanol–water partition coefficient (Wildman–Crippen LogP) is 0.492. The monoisotopic (exact) mass is 532 g/mol. The summed E-state index contributed by atoms with van der Waals surface area (Å²) in [4.78, 5) is 20.3. The SMILES string of the molecule is CN=C(NCCN1CCN(c2ncccn2)CC1)NCC(C)(C)N1CCOCC1.I. The lowest BCUT2D eigenvalue weighted by atomic mass is 10.0. The van der Waals surface area contributed by atoms with Gasteiger partial charge in [-0.2, -0.15) is 0 Å². The van der Waals surface area contributed by atoms with Crippen LogP contribution in [0.1, 0.15) is 13.8 Å². The quantitative estimate of drug-likeness (QED) is 0.299. The van der Waals surface area contributed by atoms with E-state index in [0.717, 1.165) is 84.0 Å². The van der Waals surface area contributed by atoms with Gasteiger partial charge in [0.05, 0.1) is 13.2 Å². The number of aromatic nitrogens is 2. The van der Waals surface area contributed by atoms with Gasteiger partial charge in [-0.25, -0.2) is 9.97 Å². The Morgan fingerprint density at radius 1 is 1.07 bits per heavy atom. The van der Waals surface area contributed by atoms with Gasteiger partial charge in [0, 0.05) is 83.9 Å². The molecule has 0 spiro atoms. The van der Waals surface area contributed by atoms with Gasteiger partial charge < -0.3 is 20.3 Å². The third-order valence-electron chi connectivity index (χ3n) is 5.71. The molecule has 0 saturated carbocycles. The van der Waals surface area contributed by atoms with Crippen molar-refractivity contribution in [1.29, 1.82) is 0 Å². The van der Waals surface area contributed by atoms with Crippen LogP contribution in [0.3, 0.4) is 0 Å². The Hall–Kier alpha value is -1.24. The van der Waals surface area contributed by atoms with E-state index in [4.69, 9.17) is 4.74 Å². The van der Waals surface area contributed by atoms with E-state index in [2.05, 4.69) is 54.1 Å². The summed E-state index contributed by atoms with van der Waals surface area (Å²) in [6, 6.07) is 1.86. The fourth-order valence-electron chi connectivity index (χ4n) is 3.76. The molecule has 30 heavy (non-hydrogen) atoms. The molecule has 3 heterocycles. The van der Waals surface area contributed by atoms with Crippen LogP contribution in [0, 0.1) is 0 Å². The van der Waals surface area contributed by atoms with Gasteiger partial charge >= 0.3 is 0 Å². The van der Waals surface area contributed by atoms with E-state index in [0.29, 0.717) is 0 Å². The minimum absolute atomic E-state index is 0. The van der Waals surface area contributed by atoms with Crippen LogP contribution < -0.4 is 15.5 Å². The number of piperazine rings is 1. The molecule has 2 fully saturated rings. The number of halogens is 1. The molecule has 0 unspecified atom stereocenters. The molecule has 1 aromatic heterocycles. The largest absolute Gasteiger partial charge is 0.379 e. The summed E-state index contributed by atoms with van der Waals surface area (Å²) in [5.74, 6) is 1.69. The molecule has 0 aromatic carbocycles. The molecular weight excluding hydrogens is 495 g/mol. The van der Waals surface area contributed by atoms with Gasteiger partial charge in [0.2, 0.25) is 5.95 Å². The van der Waals surface area contributed by atoms with Crippen LogP contribution >= 0.6 is 24.0 Å². The summed E-state index contributed by atoms with van der Waals surface area (Å²) in [5.41, 5.74) is 0.0667. The molecule has 10 heteroatoms. The summed E-state index contributed by atoms with van der Waals surface area (Å²) < 4.78 is 5.47. The third-order valence-corrected chi connectivity index (χ3v) is 5.71. The van der Waals surface area contributed by atoms with Crippen LogP contribution in [0.15, 0.2) is 23.5 Å². The lowest BCUT2D eigenvalue weighted by Gasteiger charge is -2.41. The van der Waals surface area contributed by atoms with Crippen LogP contribution in [-0.2, 0) is 4.74 Å². The number of morpholine rings is 1. The van der Waals surface area contributed by atoms with Gasteiger partial charge in [-0.05, 0) is 19.9 Å². The first-order chi connectivity index (χ1) is 14.1. The molecule has 0 amide bonds. The molecule has 1 aromatic rings. The van der Waals surface area contributed by atoms with Gasteiger partial charge in [0.25, 0.3) is 0 Å². The second kappa shape index (κ2) is 12.6. The molecule has 2 aliphatic rings. The average molecular weight is 532 g/mol. The number of rotatable bonds is 7. The van der Waals surface area contributed by atoms with Crippen molar-refractivity contribution >= 4 is 35.9 Å². The number of nitrogens with one attached hydrogen (secondary N) is 2. The van der Waals surface area contributed by atoms with E-state index in [1.807, 2.05) is 13.1 Å². The first-order valence-corrected chi connectivity index (χ1v) is 10.6. The van der Waals surface area contributed by atoms with Crippen molar-refractivity contribution in [2.45, 2.75) is 19.4 Å². The summed E-state index contributed by atoms with van der Waals surface area (Å²) >= 11 is 0. The molecule has 170 valence electrons. The van der Waals surface area contributed by atoms with Gasteiger partial charge in [-0.3, -0.25) is 14.8 Å². The standard InChI is InChI=1S/C20H36N8O.HI/c1-20(2,28-13-15-29-16-14-28)17-25-18(21-3)22-7-8-26-9-11-27(12-10-26)19-23-5-4-6-24-19;/h4-6H,7-17H2,1-3H3,(H2,21,22,25);1H. The van der Waals surface area contributed by atoms with Gasteiger partial charge in [-0.1, -0.05) is 0 Å². The van der Waals surface area contributed by atoms with E-state index in [9.17, 15) is 0 Å². The Morgan fingerprint density at radius 2 is 1.73 bits per heavy atom. The fourth-order valence-corrected chi connectivity index (χ4v) is 3.76. The first kappa shape index (κ1) is 25.0. The van der Waals surface area contributed by atoms with E-state index >= 15 is 0 Å².